The molecule has 1 heterocycles. The Kier molecular flexibility index (Phi) is 7.87. The minimum absolute atomic E-state index is 0.0364. The van der Waals surface area contributed by atoms with Crippen molar-refractivity contribution in [2.45, 2.75) is 38.5 Å². The highest BCUT2D eigenvalue weighted by Gasteiger charge is 2.21. The Morgan fingerprint density at radius 1 is 1.22 bits per heavy atom. The summed E-state index contributed by atoms with van der Waals surface area (Å²) in [5, 5.41) is 15.1. The lowest BCUT2D eigenvalue weighted by Crippen LogP contribution is -2.29. The second-order valence-corrected chi connectivity index (χ2v) is 8.44. The third-order valence-corrected chi connectivity index (χ3v) is 5.91. The van der Waals surface area contributed by atoms with E-state index in [1.165, 1.54) is 30.0 Å². The first-order valence-corrected chi connectivity index (χ1v) is 11.3. The van der Waals surface area contributed by atoms with Crippen LogP contribution in [0.5, 0.6) is 0 Å². The van der Waals surface area contributed by atoms with Crippen molar-refractivity contribution in [1.82, 2.24) is 20.1 Å². The molecule has 2 N–H and O–H groups in total. The van der Waals surface area contributed by atoms with Crippen LogP contribution in [-0.2, 0) is 11.3 Å². The molecule has 7 nitrogen and oxygen atoms in total. The van der Waals surface area contributed by atoms with Crippen LogP contribution in [0.15, 0.2) is 47.6 Å². The van der Waals surface area contributed by atoms with Crippen molar-refractivity contribution in [1.29, 1.82) is 0 Å². The third-order valence-electron chi connectivity index (χ3n) is 4.71. The second-order valence-electron chi connectivity index (χ2n) is 7.06. The van der Waals surface area contributed by atoms with Crippen molar-refractivity contribution in [2.75, 3.05) is 11.1 Å². The zero-order chi connectivity index (χ0) is 23.3. The Hall–Kier alpha value is -2.91. The molecule has 1 aromatic heterocycles. The van der Waals surface area contributed by atoms with Crippen molar-refractivity contribution >= 4 is 40.9 Å². The number of nitrogens with zero attached hydrogens (tertiary/aromatic N) is 3. The van der Waals surface area contributed by atoms with Crippen LogP contribution in [0.25, 0.3) is 0 Å². The molecular weight excluding hydrogens is 453 g/mol. The first-order chi connectivity index (χ1) is 15.3. The van der Waals surface area contributed by atoms with Gasteiger partial charge in [-0.15, -0.1) is 10.2 Å². The van der Waals surface area contributed by atoms with Crippen molar-refractivity contribution in [3.05, 3.63) is 70.3 Å². The highest BCUT2D eigenvalue weighted by atomic mass is 35.5. The minimum atomic E-state index is -0.590. The fourth-order valence-electron chi connectivity index (χ4n) is 3.09. The molecule has 0 aliphatic carbocycles. The Morgan fingerprint density at radius 2 is 1.97 bits per heavy atom. The second kappa shape index (κ2) is 10.6. The number of carbonyl (C=O) groups excluding carboxylic acids is 2. The number of halogens is 2. The van der Waals surface area contributed by atoms with Crippen molar-refractivity contribution in [3.8, 4) is 0 Å². The smallest absolute Gasteiger partial charge is 0.254 e. The normalized spacial score (nSPS) is 11.8. The first kappa shape index (κ1) is 23.7. The number of rotatable bonds is 8. The quantitative estimate of drug-likeness (QED) is 0.464. The zero-order valence-corrected chi connectivity index (χ0v) is 19.4. The molecule has 0 aliphatic heterocycles. The van der Waals surface area contributed by atoms with Crippen LogP contribution in [0.1, 0.15) is 41.6 Å². The number of benzene rings is 2. The Labute approximate surface area is 194 Å². The van der Waals surface area contributed by atoms with E-state index in [9.17, 15) is 14.0 Å². The predicted octanol–water partition coefficient (Wildman–Crippen LogP) is 4.62. The fourth-order valence-corrected chi connectivity index (χ4v) is 4.13. The zero-order valence-electron chi connectivity index (χ0n) is 17.9. The number of hydrogen-bond donors (Lipinski definition) is 2. The molecule has 3 aromatic rings. The minimum Gasteiger partial charge on any atom is -0.342 e. The summed E-state index contributed by atoms with van der Waals surface area (Å²) in [6.45, 7) is 6.08. The molecule has 32 heavy (non-hydrogen) atoms. The number of amides is 2. The van der Waals surface area contributed by atoms with Crippen LogP contribution >= 0.6 is 23.4 Å². The topological polar surface area (TPSA) is 88.9 Å². The maximum atomic E-state index is 13.9. The Bertz CT molecular complexity index is 1140. The van der Waals surface area contributed by atoms with E-state index >= 15 is 0 Å². The lowest BCUT2D eigenvalue weighted by atomic mass is 10.2. The van der Waals surface area contributed by atoms with Gasteiger partial charge in [0.2, 0.25) is 5.91 Å². The van der Waals surface area contributed by atoms with Gasteiger partial charge in [0.15, 0.2) is 11.0 Å². The molecule has 0 radical (unpaired) electrons. The number of hydrogen-bond acceptors (Lipinski definition) is 5. The van der Waals surface area contributed by atoms with Gasteiger partial charge in [-0.05, 0) is 56.7 Å². The summed E-state index contributed by atoms with van der Waals surface area (Å²) in [5.41, 5.74) is 1.53. The predicted molar refractivity (Wildman–Crippen MR) is 124 cm³/mol. The van der Waals surface area contributed by atoms with Gasteiger partial charge in [0, 0.05) is 17.3 Å². The lowest BCUT2D eigenvalue weighted by Gasteiger charge is -2.15. The van der Waals surface area contributed by atoms with Gasteiger partial charge in [0.1, 0.15) is 5.82 Å². The number of anilines is 1. The highest BCUT2D eigenvalue weighted by Crippen LogP contribution is 2.23. The van der Waals surface area contributed by atoms with E-state index in [0.717, 1.165) is 5.56 Å². The summed E-state index contributed by atoms with van der Waals surface area (Å²) >= 11 is 7.19. The average Bonchev–Trinajstić information content (AvgIpc) is 3.17. The van der Waals surface area contributed by atoms with Crippen LogP contribution in [-0.4, -0.2) is 32.3 Å². The maximum Gasteiger partial charge on any atom is 0.254 e. The maximum absolute atomic E-state index is 13.9. The molecule has 0 aliphatic rings. The molecule has 10 heteroatoms. The Morgan fingerprint density at radius 3 is 2.66 bits per heavy atom. The SMILES string of the molecule is CCn1c(SCC(=O)Nc2ccc(Cl)cc2C)nnc1[C@@H](C)NC(=O)c1ccccc1F. The van der Waals surface area contributed by atoms with Gasteiger partial charge in [-0.2, -0.15) is 0 Å². The van der Waals surface area contributed by atoms with E-state index in [1.54, 1.807) is 31.2 Å². The summed E-state index contributed by atoms with van der Waals surface area (Å²) in [7, 11) is 0. The molecule has 0 bridgehead atoms. The molecule has 0 fully saturated rings. The number of thioether (sulfide) groups is 1. The molecule has 3 rings (SSSR count). The Balaban J connectivity index is 1.64. The molecule has 1 atom stereocenters. The summed E-state index contributed by atoms with van der Waals surface area (Å²) in [5.74, 6) is -0.654. The number of carbonyl (C=O) groups is 2. The number of nitrogens with one attached hydrogen (secondary N) is 2. The lowest BCUT2D eigenvalue weighted by molar-refractivity contribution is -0.113. The molecule has 2 amide bonds. The van der Waals surface area contributed by atoms with Gasteiger partial charge in [0.05, 0.1) is 17.4 Å². The molecule has 168 valence electrons. The summed E-state index contributed by atoms with van der Waals surface area (Å²) in [4.78, 5) is 24.8. The van der Waals surface area contributed by atoms with Crippen molar-refractivity contribution in [2.24, 2.45) is 0 Å². The molecule has 0 spiro atoms. The van der Waals surface area contributed by atoms with Crippen LogP contribution < -0.4 is 10.6 Å². The van der Waals surface area contributed by atoms with Gasteiger partial charge >= 0.3 is 0 Å². The van der Waals surface area contributed by atoms with E-state index in [1.807, 2.05) is 18.4 Å². The third kappa shape index (κ3) is 5.66. The van der Waals surface area contributed by atoms with Crippen LogP contribution in [0.3, 0.4) is 0 Å². The van der Waals surface area contributed by atoms with E-state index in [4.69, 9.17) is 11.6 Å². The summed E-state index contributed by atoms with van der Waals surface area (Å²) < 4.78 is 15.7. The largest absolute Gasteiger partial charge is 0.342 e. The van der Waals surface area contributed by atoms with Gasteiger partial charge in [0.25, 0.3) is 5.91 Å². The monoisotopic (exact) mass is 475 g/mol. The van der Waals surface area contributed by atoms with Gasteiger partial charge in [-0.3, -0.25) is 9.59 Å². The first-order valence-electron chi connectivity index (χ1n) is 9.97. The van der Waals surface area contributed by atoms with Gasteiger partial charge in [-0.25, -0.2) is 4.39 Å². The number of aromatic nitrogens is 3. The van der Waals surface area contributed by atoms with E-state index < -0.39 is 17.8 Å². The fraction of sp³-hybridized carbons (Fsp3) is 0.273. The highest BCUT2D eigenvalue weighted by molar-refractivity contribution is 7.99. The van der Waals surface area contributed by atoms with Crippen molar-refractivity contribution < 1.29 is 14.0 Å². The molecular formula is C22H23ClFN5O2S. The molecule has 0 saturated heterocycles. The summed E-state index contributed by atoms with van der Waals surface area (Å²) in [6, 6.07) is 10.5. The standard InChI is InChI=1S/C22H23ClFN5O2S/c1-4-29-20(14(3)25-21(31)16-7-5-6-8-17(16)24)27-28-22(29)32-12-19(30)26-18-10-9-15(23)11-13(18)2/h5-11,14H,4,12H2,1-3H3,(H,25,31)(H,26,30)/t14-/m1/s1. The summed E-state index contributed by atoms with van der Waals surface area (Å²) in [6.07, 6.45) is 0. The van der Waals surface area contributed by atoms with E-state index in [0.29, 0.717) is 28.2 Å². The molecule has 0 saturated carbocycles. The number of aryl methyl sites for hydroxylation is 1. The molecule has 2 aromatic carbocycles. The van der Waals surface area contributed by atoms with E-state index in [2.05, 4.69) is 20.8 Å². The van der Waals surface area contributed by atoms with Gasteiger partial charge < -0.3 is 15.2 Å². The van der Waals surface area contributed by atoms with Gasteiger partial charge in [-0.1, -0.05) is 35.5 Å². The van der Waals surface area contributed by atoms with Crippen LogP contribution in [0.4, 0.5) is 10.1 Å². The van der Waals surface area contributed by atoms with Crippen LogP contribution in [0.2, 0.25) is 5.02 Å². The average molecular weight is 476 g/mol. The van der Waals surface area contributed by atoms with Crippen molar-refractivity contribution in [3.63, 3.8) is 0 Å². The molecule has 0 unspecified atom stereocenters. The van der Waals surface area contributed by atoms with E-state index in [-0.39, 0.29) is 17.2 Å². The van der Waals surface area contributed by atoms with Crippen LogP contribution in [0, 0.1) is 12.7 Å².